The highest BCUT2D eigenvalue weighted by molar-refractivity contribution is 5.91. The summed E-state index contributed by atoms with van der Waals surface area (Å²) in [5, 5.41) is 11.5. The number of anilines is 1. The largest absolute Gasteiger partial charge is 0.478 e. The Morgan fingerprint density at radius 3 is 2.67 bits per heavy atom. The lowest BCUT2D eigenvalue weighted by Crippen LogP contribution is -2.26. The molecule has 0 aliphatic carbocycles. The van der Waals surface area contributed by atoms with Gasteiger partial charge < -0.3 is 19.7 Å². The average molecular weight is 288 g/mol. The first kappa shape index (κ1) is 14.8. The monoisotopic (exact) mass is 288 g/mol. The minimum atomic E-state index is -0.376. The molecular weight excluding hydrogens is 272 g/mol. The Morgan fingerprint density at radius 2 is 1.95 bits per heavy atom. The summed E-state index contributed by atoms with van der Waals surface area (Å²) in [6, 6.07) is 12.1. The molecule has 1 heterocycles. The topological polar surface area (TPSA) is 80.6 Å². The molecule has 6 heteroatoms. The zero-order chi connectivity index (χ0) is 15.1. The highest BCUT2D eigenvalue weighted by Gasteiger charge is 2.07. The number of carbonyl (C=O) groups excluding carboxylic acids is 1. The average Bonchev–Trinajstić information content (AvgIpc) is 2.49. The predicted octanol–water partition coefficient (Wildman–Crippen LogP) is 0.858. The van der Waals surface area contributed by atoms with Gasteiger partial charge in [0, 0.05) is 18.4 Å². The number of hydrogen-bond donors (Lipinski definition) is 2. The first-order valence-electron chi connectivity index (χ1n) is 6.48. The van der Waals surface area contributed by atoms with Gasteiger partial charge in [0.05, 0.1) is 6.61 Å². The summed E-state index contributed by atoms with van der Waals surface area (Å²) in [6.07, 6.45) is 1.55. The molecule has 0 spiro atoms. The van der Waals surface area contributed by atoms with Crippen LogP contribution in [-0.2, 0) is 11.3 Å². The molecule has 110 valence electrons. The summed E-state index contributed by atoms with van der Waals surface area (Å²) < 4.78 is 6.55. The van der Waals surface area contributed by atoms with Crippen LogP contribution in [0.3, 0.4) is 0 Å². The summed E-state index contributed by atoms with van der Waals surface area (Å²) in [4.78, 5) is 23.6. The van der Waals surface area contributed by atoms with E-state index in [9.17, 15) is 9.59 Å². The quantitative estimate of drug-likeness (QED) is 0.826. The highest BCUT2D eigenvalue weighted by atomic mass is 16.5. The lowest BCUT2D eigenvalue weighted by Gasteiger charge is -2.09. The minimum absolute atomic E-state index is 0.0779. The minimum Gasteiger partial charge on any atom is -0.478 e. The van der Waals surface area contributed by atoms with Crippen molar-refractivity contribution in [2.24, 2.45) is 0 Å². The molecule has 0 saturated heterocycles. The van der Waals surface area contributed by atoms with Gasteiger partial charge in [-0.15, -0.1) is 0 Å². The normalized spacial score (nSPS) is 10.1. The molecular formula is C15H16N2O4. The molecule has 0 aliphatic heterocycles. The SMILES string of the molecule is O=C(COc1cccn(CCO)c1=O)Nc1ccccc1. The van der Waals surface area contributed by atoms with E-state index in [0.29, 0.717) is 5.69 Å². The van der Waals surface area contributed by atoms with Crippen LogP contribution in [0.4, 0.5) is 5.69 Å². The Morgan fingerprint density at radius 1 is 1.19 bits per heavy atom. The fourth-order valence-corrected chi connectivity index (χ4v) is 1.77. The number of carbonyl (C=O) groups is 1. The Labute approximate surface area is 121 Å². The van der Waals surface area contributed by atoms with E-state index in [1.165, 1.54) is 10.6 Å². The molecule has 0 radical (unpaired) electrons. The van der Waals surface area contributed by atoms with Crippen LogP contribution in [0.1, 0.15) is 0 Å². The number of rotatable bonds is 6. The van der Waals surface area contributed by atoms with Crippen molar-refractivity contribution in [3.8, 4) is 5.75 Å². The van der Waals surface area contributed by atoms with Crippen molar-refractivity contribution in [1.29, 1.82) is 0 Å². The van der Waals surface area contributed by atoms with Crippen molar-refractivity contribution >= 4 is 11.6 Å². The summed E-state index contributed by atoms with van der Waals surface area (Å²) in [6.45, 7) is -0.211. The third kappa shape index (κ3) is 4.19. The van der Waals surface area contributed by atoms with Crippen LogP contribution in [0.5, 0.6) is 5.75 Å². The standard InChI is InChI=1S/C15H16N2O4/c18-10-9-17-8-4-7-13(15(17)20)21-11-14(19)16-12-5-2-1-3-6-12/h1-8,18H,9-11H2,(H,16,19). The van der Waals surface area contributed by atoms with Crippen LogP contribution in [0, 0.1) is 0 Å². The summed E-state index contributed by atoms with van der Waals surface area (Å²) in [7, 11) is 0. The third-order valence-electron chi connectivity index (χ3n) is 2.74. The third-order valence-corrected chi connectivity index (χ3v) is 2.74. The number of pyridine rings is 1. The van der Waals surface area contributed by atoms with E-state index < -0.39 is 0 Å². The fraction of sp³-hybridized carbons (Fsp3) is 0.200. The number of nitrogens with one attached hydrogen (secondary N) is 1. The van der Waals surface area contributed by atoms with E-state index in [1.54, 1.807) is 36.5 Å². The van der Waals surface area contributed by atoms with Gasteiger partial charge in [-0.25, -0.2) is 0 Å². The maximum atomic E-state index is 11.9. The summed E-state index contributed by atoms with van der Waals surface area (Å²) in [5.74, 6) is -0.271. The van der Waals surface area contributed by atoms with Gasteiger partial charge in [0.15, 0.2) is 12.4 Å². The van der Waals surface area contributed by atoms with Crippen LogP contribution in [-0.4, -0.2) is 28.8 Å². The van der Waals surface area contributed by atoms with E-state index >= 15 is 0 Å². The van der Waals surface area contributed by atoms with Crippen LogP contribution >= 0.6 is 0 Å². The zero-order valence-electron chi connectivity index (χ0n) is 11.4. The van der Waals surface area contributed by atoms with Crippen LogP contribution in [0.2, 0.25) is 0 Å². The van der Waals surface area contributed by atoms with Crippen molar-refractivity contribution in [3.05, 3.63) is 59.0 Å². The molecule has 2 rings (SSSR count). The van der Waals surface area contributed by atoms with Crippen LogP contribution < -0.4 is 15.6 Å². The Bertz CT molecular complexity index is 652. The number of para-hydroxylation sites is 1. The van der Waals surface area contributed by atoms with E-state index in [0.717, 1.165) is 0 Å². The molecule has 0 saturated carbocycles. The molecule has 0 unspecified atom stereocenters. The first-order chi connectivity index (χ1) is 10.2. The number of benzene rings is 1. The van der Waals surface area contributed by atoms with Gasteiger partial charge >= 0.3 is 0 Å². The maximum Gasteiger partial charge on any atom is 0.292 e. The van der Waals surface area contributed by atoms with Gasteiger partial charge in [-0.3, -0.25) is 9.59 Å². The zero-order valence-corrected chi connectivity index (χ0v) is 11.4. The number of nitrogens with zero attached hydrogens (tertiary/aromatic N) is 1. The molecule has 21 heavy (non-hydrogen) atoms. The fourth-order valence-electron chi connectivity index (χ4n) is 1.77. The van der Waals surface area contributed by atoms with Gasteiger partial charge in [0.25, 0.3) is 11.5 Å². The lowest BCUT2D eigenvalue weighted by molar-refractivity contribution is -0.118. The van der Waals surface area contributed by atoms with E-state index in [4.69, 9.17) is 9.84 Å². The second kappa shape index (κ2) is 7.25. The van der Waals surface area contributed by atoms with Crippen molar-refractivity contribution in [2.45, 2.75) is 6.54 Å². The van der Waals surface area contributed by atoms with Crippen LogP contribution in [0.15, 0.2) is 53.5 Å². The molecule has 1 amide bonds. The Kier molecular flexibility index (Phi) is 5.11. The number of aliphatic hydroxyl groups excluding tert-OH is 1. The smallest absolute Gasteiger partial charge is 0.292 e. The van der Waals surface area contributed by atoms with Gasteiger partial charge in [-0.1, -0.05) is 18.2 Å². The van der Waals surface area contributed by atoms with Crippen LogP contribution in [0.25, 0.3) is 0 Å². The Hall–Kier alpha value is -2.60. The van der Waals surface area contributed by atoms with E-state index in [-0.39, 0.29) is 37.0 Å². The summed E-state index contributed by atoms with van der Waals surface area (Å²) >= 11 is 0. The van der Waals surface area contributed by atoms with Gasteiger partial charge in [0.2, 0.25) is 0 Å². The summed E-state index contributed by atoms with van der Waals surface area (Å²) in [5.41, 5.74) is 0.288. The molecule has 0 bridgehead atoms. The van der Waals surface area contributed by atoms with Crippen molar-refractivity contribution in [3.63, 3.8) is 0 Å². The van der Waals surface area contributed by atoms with Crippen molar-refractivity contribution < 1.29 is 14.6 Å². The number of ether oxygens (including phenoxy) is 1. The predicted molar refractivity (Wildman–Crippen MR) is 78.4 cm³/mol. The highest BCUT2D eigenvalue weighted by Crippen LogP contribution is 2.06. The molecule has 2 aromatic rings. The molecule has 1 aromatic carbocycles. The first-order valence-corrected chi connectivity index (χ1v) is 6.48. The van der Waals surface area contributed by atoms with Crippen molar-refractivity contribution in [2.75, 3.05) is 18.5 Å². The molecule has 6 nitrogen and oxygen atoms in total. The maximum absolute atomic E-state index is 11.9. The number of hydrogen-bond acceptors (Lipinski definition) is 4. The second-order valence-corrected chi connectivity index (χ2v) is 4.30. The Balaban J connectivity index is 1.95. The lowest BCUT2D eigenvalue weighted by atomic mass is 10.3. The van der Waals surface area contributed by atoms with E-state index in [1.807, 2.05) is 6.07 Å². The second-order valence-electron chi connectivity index (χ2n) is 4.30. The molecule has 0 fully saturated rings. The van der Waals surface area contributed by atoms with Gasteiger partial charge in [-0.05, 0) is 24.3 Å². The molecule has 1 aromatic heterocycles. The number of aliphatic hydroxyl groups is 1. The van der Waals surface area contributed by atoms with Gasteiger partial charge in [-0.2, -0.15) is 0 Å². The van der Waals surface area contributed by atoms with Gasteiger partial charge in [0.1, 0.15) is 0 Å². The molecule has 0 aliphatic rings. The van der Waals surface area contributed by atoms with Crippen molar-refractivity contribution in [1.82, 2.24) is 4.57 Å². The molecule has 0 atom stereocenters. The number of aromatic nitrogens is 1. The molecule has 2 N–H and O–H groups in total. The number of amides is 1. The van der Waals surface area contributed by atoms with E-state index in [2.05, 4.69) is 5.32 Å².